The molecule has 0 unspecified atom stereocenters. The van der Waals surface area contributed by atoms with Crippen molar-refractivity contribution < 1.29 is 9.59 Å². The van der Waals surface area contributed by atoms with Crippen LogP contribution in [0.25, 0.3) is 0 Å². The molecule has 1 saturated carbocycles. The van der Waals surface area contributed by atoms with Crippen LogP contribution in [0, 0.1) is 11.8 Å². The van der Waals surface area contributed by atoms with E-state index in [0.29, 0.717) is 5.02 Å². The van der Waals surface area contributed by atoms with Crippen LogP contribution in [0.5, 0.6) is 0 Å². The summed E-state index contributed by atoms with van der Waals surface area (Å²) in [5.41, 5.74) is 0.548. The number of benzene rings is 1. The zero-order valence-corrected chi connectivity index (χ0v) is 14.7. The van der Waals surface area contributed by atoms with Crippen molar-refractivity contribution in [3.8, 4) is 0 Å². The minimum Gasteiger partial charge on any atom is -0.351 e. The number of anilines is 1. The van der Waals surface area contributed by atoms with Gasteiger partial charge in [-0.1, -0.05) is 11.6 Å². The molecule has 0 aromatic heterocycles. The van der Waals surface area contributed by atoms with Crippen LogP contribution in [0.2, 0.25) is 5.02 Å². The second-order valence-electron chi connectivity index (χ2n) is 7.28. The molecular weight excluding hydrogens is 312 g/mol. The Kier molecular flexibility index (Phi) is 5.69. The van der Waals surface area contributed by atoms with Gasteiger partial charge < -0.3 is 10.6 Å². The zero-order valence-electron chi connectivity index (χ0n) is 14.0. The quantitative estimate of drug-likeness (QED) is 0.876. The van der Waals surface area contributed by atoms with Crippen LogP contribution in [-0.2, 0) is 9.59 Å². The first-order valence-corrected chi connectivity index (χ1v) is 8.51. The summed E-state index contributed by atoms with van der Waals surface area (Å²) in [4.78, 5) is 24.5. The fourth-order valence-corrected chi connectivity index (χ4v) is 2.99. The average molecular weight is 337 g/mol. The van der Waals surface area contributed by atoms with E-state index in [4.69, 9.17) is 11.6 Å². The highest BCUT2D eigenvalue weighted by atomic mass is 35.5. The van der Waals surface area contributed by atoms with Gasteiger partial charge in [-0.05, 0) is 70.7 Å². The third-order valence-electron chi connectivity index (χ3n) is 4.08. The smallest absolute Gasteiger partial charge is 0.227 e. The molecule has 1 aromatic carbocycles. The standard InChI is InChI=1S/C18H25ClN2O2/c1-18(2,3)21-17(23)13-6-4-12(5-7-13)16(22)20-15-10-8-14(19)9-11-15/h8-13H,4-7H2,1-3H3,(H,20,22)(H,21,23). The molecule has 2 amide bonds. The lowest BCUT2D eigenvalue weighted by molar-refractivity contribution is -0.129. The van der Waals surface area contributed by atoms with Gasteiger partial charge in [0.15, 0.2) is 0 Å². The summed E-state index contributed by atoms with van der Waals surface area (Å²) in [5, 5.41) is 6.60. The molecule has 2 N–H and O–H groups in total. The van der Waals surface area contributed by atoms with E-state index in [2.05, 4.69) is 10.6 Å². The zero-order chi connectivity index (χ0) is 17.0. The molecule has 0 heterocycles. The van der Waals surface area contributed by atoms with Gasteiger partial charge in [-0.15, -0.1) is 0 Å². The van der Waals surface area contributed by atoms with Crippen molar-refractivity contribution in [1.82, 2.24) is 5.32 Å². The van der Waals surface area contributed by atoms with Gasteiger partial charge in [-0.3, -0.25) is 9.59 Å². The van der Waals surface area contributed by atoms with Gasteiger partial charge in [0.05, 0.1) is 0 Å². The van der Waals surface area contributed by atoms with Gasteiger partial charge in [0, 0.05) is 28.1 Å². The summed E-state index contributed by atoms with van der Waals surface area (Å²) >= 11 is 5.84. The van der Waals surface area contributed by atoms with Crippen LogP contribution in [-0.4, -0.2) is 17.4 Å². The predicted octanol–water partition coefficient (Wildman–Crippen LogP) is 4.00. The molecule has 0 saturated heterocycles. The Balaban J connectivity index is 1.83. The Morgan fingerprint density at radius 3 is 1.91 bits per heavy atom. The topological polar surface area (TPSA) is 58.2 Å². The Labute approximate surface area is 143 Å². The second kappa shape index (κ2) is 7.35. The van der Waals surface area contributed by atoms with E-state index in [-0.39, 0.29) is 29.2 Å². The normalized spacial score (nSPS) is 21.6. The lowest BCUT2D eigenvalue weighted by atomic mass is 9.81. The van der Waals surface area contributed by atoms with Gasteiger partial charge in [0.25, 0.3) is 0 Å². The summed E-state index contributed by atoms with van der Waals surface area (Å²) in [6.45, 7) is 5.95. The Morgan fingerprint density at radius 2 is 1.43 bits per heavy atom. The average Bonchev–Trinajstić information content (AvgIpc) is 2.48. The van der Waals surface area contributed by atoms with Gasteiger partial charge in [0.1, 0.15) is 0 Å². The van der Waals surface area contributed by atoms with Gasteiger partial charge in [-0.25, -0.2) is 0 Å². The number of rotatable bonds is 3. The molecule has 1 aromatic rings. The Hall–Kier alpha value is -1.55. The molecule has 4 nitrogen and oxygen atoms in total. The SMILES string of the molecule is CC(C)(C)NC(=O)C1CCC(C(=O)Nc2ccc(Cl)cc2)CC1. The molecule has 1 aliphatic carbocycles. The lowest BCUT2D eigenvalue weighted by Crippen LogP contribution is -2.45. The van der Waals surface area contributed by atoms with E-state index in [1.807, 2.05) is 20.8 Å². The molecule has 126 valence electrons. The highest BCUT2D eigenvalue weighted by molar-refractivity contribution is 6.30. The predicted molar refractivity (Wildman–Crippen MR) is 93.4 cm³/mol. The van der Waals surface area contributed by atoms with E-state index in [9.17, 15) is 9.59 Å². The number of hydrogen-bond acceptors (Lipinski definition) is 2. The first-order valence-electron chi connectivity index (χ1n) is 8.13. The third-order valence-corrected chi connectivity index (χ3v) is 4.33. The van der Waals surface area contributed by atoms with Crippen LogP contribution in [0.3, 0.4) is 0 Å². The number of nitrogens with one attached hydrogen (secondary N) is 2. The van der Waals surface area contributed by atoms with Crippen LogP contribution >= 0.6 is 11.6 Å². The van der Waals surface area contributed by atoms with Gasteiger partial charge in [-0.2, -0.15) is 0 Å². The van der Waals surface area contributed by atoms with E-state index >= 15 is 0 Å². The second-order valence-corrected chi connectivity index (χ2v) is 7.72. The lowest BCUT2D eigenvalue weighted by Gasteiger charge is -2.30. The number of carbonyl (C=O) groups is 2. The van der Waals surface area contributed by atoms with Crippen molar-refractivity contribution in [3.63, 3.8) is 0 Å². The largest absolute Gasteiger partial charge is 0.351 e. The summed E-state index contributed by atoms with van der Waals surface area (Å²) in [7, 11) is 0. The molecule has 1 fully saturated rings. The fraction of sp³-hybridized carbons (Fsp3) is 0.556. The first-order chi connectivity index (χ1) is 10.7. The van der Waals surface area contributed by atoms with Gasteiger partial charge >= 0.3 is 0 Å². The van der Waals surface area contributed by atoms with Crippen LogP contribution in [0.4, 0.5) is 5.69 Å². The third kappa shape index (κ3) is 5.54. The molecule has 1 aliphatic rings. The minimum absolute atomic E-state index is 0.0220. The van der Waals surface area contributed by atoms with Crippen LogP contribution < -0.4 is 10.6 Å². The monoisotopic (exact) mass is 336 g/mol. The highest BCUT2D eigenvalue weighted by Crippen LogP contribution is 2.30. The molecule has 2 rings (SSSR count). The van der Waals surface area contributed by atoms with Crippen molar-refractivity contribution in [2.45, 2.75) is 52.0 Å². The maximum Gasteiger partial charge on any atom is 0.227 e. The van der Waals surface area contributed by atoms with E-state index in [1.165, 1.54) is 0 Å². The van der Waals surface area contributed by atoms with Crippen molar-refractivity contribution in [3.05, 3.63) is 29.3 Å². The van der Waals surface area contributed by atoms with E-state index in [0.717, 1.165) is 31.4 Å². The van der Waals surface area contributed by atoms with Crippen LogP contribution in [0.15, 0.2) is 24.3 Å². The van der Waals surface area contributed by atoms with E-state index in [1.54, 1.807) is 24.3 Å². The number of hydrogen-bond donors (Lipinski definition) is 2. The molecule has 0 atom stereocenters. The van der Waals surface area contributed by atoms with Crippen molar-refractivity contribution in [2.75, 3.05) is 5.32 Å². The van der Waals surface area contributed by atoms with E-state index < -0.39 is 0 Å². The molecular formula is C18H25ClN2O2. The van der Waals surface area contributed by atoms with Crippen molar-refractivity contribution in [1.29, 1.82) is 0 Å². The molecule has 0 aliphatic heterocycles. The fourth-order valence-electron chi connectivity index (χ4n) is 2.87. The molecule has 0 radical (unpaired) electrons. The molecule has 0 spiro atoms. The summed E-state index contributed by atoms with van der Waals surface area (Å²) in [6, 6.07) is 7.10. The highest BCUT2D eigenvalue weighted by Gasteiger charge is 2.31. The van der Waals surface area contributed by atoms with Crippen molar-refractivity contribution >= 4 is 29.1 Å². The van der Waals surface area contributed by atoms with Crippen LogP contribution in [0.1, 0.15) is 46.5 Å². The molecule has 5 heteroatoms. The molecule has 23 heavy (non-hydrogen) atoms. The molecule has 0 bridgehead atoms. The maximum absolute atomic E-state index is 12.3. The summed E-state index contributed by atoms with van der Waals surface area (Å²) in [5.74, 6) is 0.134. The van der Waals surface area contributed by atoms with Gasteiger partial charge in [0.2, 0.25) is 11.8 Å². The minimum atomic E-state index is -0.208. The first kappa shape index (κ1) is 17.8. The maximum atomic E-state index is 12.3. The van der Waals surface area contributed by atoms with Crippen molar-refractivity contribution in [2.24, 2.45) is 11.8 Å². The Morgan fingerprint density at radius 1 is 0.957 bits per heavy atom. The number of halogens is 1. The summed E-state index contributed by atoms with van der Waals surface area (Å²) < 4.78 is 0. The number of amides is 2. The summed E-state index contributed by atoms with van der Waals surface area (Å²) in [6.07, 6.45) is 3.03. The Bertz CT molecular complexity index is 555. The number of carbonyl (C=O) groups excluding carboxylic acids is 2.